The maximum absolute atomic E-state index is 11.9. The minimum Gasteiger partial charge on any atom is -0.392 e. The van der Waals surface area contributed by atoms with Gasteiger partial charge in [-0.15, -0.1) is 0 Å². The fourth-order valence-corrected chi connectivity index (χ4v) is 2.37. The van der Waals surface area contributed by atoms with Crippen LogP contribution in [0.1, 0.15) is 29.1 Å². The number of nitrogens with zero attached hydrogens (tertiary/aromatic N) is 2. The van der Waals surface area contributed by atoms with Gasteiger partial charge in [-0.05, 0) is 19.8 Å². The van der Waals surface area contributed by atoms with E-state index in [1.165, 1.54) is 0 Å². The molecule has 1 aromatic rings. The van der Waals surface area contributed by atoms with E-state index >= 15 is 0 Å². The number of nitrogens with two attached hydrogens (primary N) is 1. The number of aromatic nitrogens is 1. The Morgan fingerprint density at radius 2 is 2.32 bits per heavy atom. The molecular weight excluding hydrogens is 264 g/mol. The van der Waals surface area contributed by atoms with Gasteiger partial charge >= 0.3 is 0 Å². The average molecular weight is 282 g/mol. The molecule has 1 amide bonds. The normalized spacial score (nSPS) is 17.3. The van der Waals surface area contributed by atoms with Crippen molar-refractivity contribution >= 4 is 23.1 Å². The molecule has 7 heteroatoms. The van der Waals surface area contributed by atoms with Crippen LogP contribution in [0, 0.1) is 6.92 Å². The third-order valence-electron chi connectivity index (χ3n) is 3.15. The SMILES string of the molecule is Cc1cc(C(=O)NC2CCN(CC(N)=S)CC2)on1. The summed E-state index contributed by atoms with van der Waals surface area (Å²) in [5.41, 5.74) is 6.22. The Hall–Kier alpha value is -1.47. The Balaban J connectivity index is 1.79. The van der Waals surface area contributed by atoms with Crippen LogP contribution in [0.3, 0.4) is 0 Å². The molecule has 0 atom stereocenters. The van der Waals surface area contributed by atoms with Crippen LogP contribution in [0.15, 0.2) is 10.6 Å². The Bertz CT molecular complexity index is 466. The quantitative estimate of drug-likeness (QED) is 0.781. The lowest BCUT2D eigenvalue weighted by Gasteiger charge is -2.31. The Morgan fingerprint density at radius 1 is 1.63 bits per heavy atom. The number of amides is 1. The molecule has 0 bridgehead atoms. The number of likely N-dealkylation sites (tertiary alicyclic amines) is 1. The van der Waals surface area contributed by atoms with Gasteiger partial charge in [0.2, 0.25) is 5.76 Å². The highest BCUT2D eigenvalue weighted by molar-refractivity contribution is 7.80. The highest BCUT2D eigenvalue weighted by Crippen LogP contribution is 2.11. The standard InChI is InChI=1S/C12H18N4O2S/c1-8-6-10(18-15-8)12(17)14-9-2-4-16(5-3-9)7-11(13)19/h6,9H,2-5,7H2,1H3,(H2,13,19)(H,14,17). The number of hydrogen-bond acceptors (Lipinski definition) is 5. The van der Waals surface area contributed by atoms with Crippen molar-refractivity contribution in [2.24, 2.45) is 5.73 Å². The summed E-state index contributed by atoms with van der Waals surface area (Å²) in [5.74, 6) is 0.0662. The van der Waals surface area contributed by atoms with Crippen LogP contribution >= 0.6 is 12.2 Å². The Labute approximate surface area is 117 Å². The second-order valence-electron chi connectivity index (χ2n) is 4.82. The predicted molar refractivity (Wildman–Crippen MR) is 75.0 cm³/mol. The predicted octanol–water partition coefficient (Wildman–Crippen LogP) is 0.463. The van der Waals surface area contributed by atoms with Crippen molar-refractivity contribution in [1.29, 1.82) is 0 Å². The number of piperidine rings is 1. The zero-order chi connectivity index (χ0) is 13.8. The van der Waals surface area contributed by atoms with Gasteiger partial charge < -0.3 is 15.6 Å². The van der Waals surface area contributed by atoms with E-state index in [0.29, 0.717) is 17.2 Å². The third-order valence-corrected chi connectivity index (χ3v) is 3.28. The lowest BCUT2D eigenvalue weighted by atomic mass is 10.0. The van der Waals surface area contributed by atoms with E-state index in [-0.39, 0.29) is 17.7 Å². The molecule has 0 aromatic carbocycles. The average Bonchev–Trinajstić information content (AvgIpc) is 2.78. The third kappa shape index (κ3) is 4.00. The van der Waals surface area contributed by atoms with Gasteiger partial charge in [0.1, 0.15) is 0 Å². The van der Waals surface area contributed by atoms with Crippen LogP contribution in [0.4, 0.5) is 0 Å². The molecule has 0 radical (unpaired) electrons. The molecule has 1 fully saturated rings. The smallest absolute Gasteiger partial charge is 0.290 e. The monoisotopic (exact) mass is 282 g/mol. The minimum absolute atomic E-state index is 0.167. The number of aryl methyl sites for hydroxylation is 1. The first kappa shape index (κ1) is 14.0. The van der Waals surface area contributed by atoms with Gasteiger partial charge in [-0.3, -0.25) is 9.69 Å². The molecule has 1 aromatic heterocycles. The maximum atomic E-state index is 11.9. The van der Waals surface area contributed by atoms with E-state index in [1.54, 1.807) is 13.0 Å². The molecule has 0 aliphatic carbocycles. The summed E-state index contributed by atoms with van der Waals surface area (Å²) in [4.78, 5) is 14.6. The number of hydrogen-bond donors (Lipinski definition) is 2. The van der Waals surface area contributed by atoms with Gasteiger partial charge in [0.05, 0.1) is 10.7 Å². The van der Waals surface area contributed by atoms with Crippen molar-refractivity contribution in [2.75, 3.05) is 19.6 Å². The van der Waals surface area contributed by atoms with E-state index in [0.717, 1.165) is 25.9 Å². The van der Waals surface area contributed by atoms with E-state index in [2.05, 4.69) is 15.4 Å². The number of carbonyl (C=O) groups excluding carboxylic acids is 1. The summed E-state index contributed by atoms with van der Waals surface area (Å²) < 4.78 is 4.94. The summed E-state index contributed by atoms with van der Waals surface area (Å²) in [6.07, 6.45) is 1.78. The molecule has 2 rings (SSSR count). The van der Waals surface area contributed by atoms with Crippen LogP contribution in [-0.4, -0.2) is 46.6 Å². The summed E-state index contributed by atoms with van der Waals surface area (Å²) in [7, 11) is 0. The summed E-state index contributed by atoms with van der Waals surface area (Å²) in [6, 6.07) is 1.80. The van der Waals surface area contributed by atoms with Gasteiger partial charge in [0.15, 0.2) is 0 Å². The lowest BCUT2D eigenvalue weighted by Crippen LogP contribution is -2.46. The molecule has 6 nitrogen and oxygen atoms in total. The van der Waals surface area contributed by atoms with Crippen molar-refractivity contribution in [2.45, 2.75) is 25.8 Å². The summed E-state index contributed by atoms with van der Waals surface area (Å²) in [5, 5.41) is 6.66. The fourth-order valence-electron chi connectivity index (χ4n) is 2.18. The van der Waals surface area contributed by atoms with Crippen molar-refractivity contribution in [1.82, 2.24) is 15.4 Å². The van der Waals surface area contributed by atoms with Gasteiger partial charge in [0.25, 0.3) is 5.91 Å². The second-order valence-corrected chi connectivity index (χ2v) is 5.35. The van der Waals surface area contributed by atoms with Gasteiger partial charge in [-0.1, -0.05) is 17.4 Å². The van der Waals surface area contributed by atoms with Crippen molar-refractivity contribution in [3.05, 3.63) is 17.5 Å². The number of thiocarbonyl (C=S) groups is 1. The highest BCUT2D eigenvalue weighted by atomic mass is 32.1. The van der Waals surface area contributed by atoms with E-state index in [1.807, 2.05) is 0 Å². The molecule has 0 spiro atoms. The molecule has 2 heterocycles. The molecule has 1 saturated heterocycles. The number of nitrogens with one attached hydrogen (secondary N) is 1. The van der Waals surface area contributed by atoms with Crippen molar-refractivity contribution in [3.63, 3.8) is 0 Å². The maximum Gasteiger partial charge on any atom is 0.290 e. The number of rotatable bonds is 4. The zero-order valence-corrected chi connectivity index (χ0v) is 11.7. The molecule has 1 aliphatic heterocycles. The molecule has 19 heavy (non-hydrogen) atoms. The zero-order valence-electron chi connectivity index (χ0n) is 10.9. The van der Waals surface area contributed by atoms with E-state index in [4.69, 9.17) is 22.5 Å². The second kappa shape index (κ2) is 6.12. The van der Waals surface area contributed by atoms with Gasteiger partial charge in [-0.2, -0.15) is 0 Å². The number of carbonyl (C=O) groups is 1. The first-order valence-electron chi connectivity index (χ1n) is 6.29. The lowest BCUT2D eigenvalue weighted by molar-refractivity contribution is 0.0877. The van der Waals surface area contributed by atoms with Gasteiger partial charge in [0, 0.05) is 31.7 Å². The topological polar surface area (TPSA) is 84.4 Å². The molecule has 0 unspecified atom stereocenters. The largest absolute Gasteiger partial charge is 0.392 e. The van der Waals surface area contributed by atoms with Crippen LogP contribution < -0.4 is 11.1 Å². The minimum atomic E-state index is -0.201. The van der Waals surface area contributed by atoms with E-state index < -0.39 is 0 Å². The summed E-state index contributed by atoms with van der Waals surface area (Å²) in [6.45, 7) is 4.21. The van der Waals surface area contributed by atoms with Crippen LogP contribution in [-0.2, 0) is 0 Å². The molecule has 104 valence electrons. The highest BCUT2D eigenvalue weighted by Gasteiger charge is 2.22. The fraction of sp³-hybridized carbons (Fsp3) is 0.583. The van der Waals surface area contributed by atoms with Crippen LogP contribution in [0.2, 0.25) is 0 Å². The molecule has 1 aliphatic rings. The molecular formula is C12H18N4O2S. The first-order chi connectivity index (χ1) is 9.04. The Kier molecular flexibility index (Phi) is 4.49. The molecule has 3 N–H and O–H groups in total. The Morgan fingerprint density at radius 3 is 2.84 bits per heavy atom. The summed E-state index contributed by atoms with van der Waals surface area (Å²) >= 11 is 4.89. The van der Waals surface area contributed by atoms with E-state index in [9.17, 15) is 4.79 Å². The molecule has 0 saturated carbocycles. The first-order valence-corrected chi connectivity index (χ1v) is 6.70. The van der Waals surface area contributed by atoms with Crippen molar-refractivity contribution in [3.8, 4) is 0 Å². The van der Waals surface area contributed by atoms with Crippen LogP contribution in [0.5, 0.6) is 0 Å². The van der Waals surface area contributed by atoms with Crippen molar-refractivity contribution < 1.29 is 9.32 Å². The van der Waals surface area contributed by atoms with Gasteiger partial charge in [-0.25, -0.2) is 0 Å². The van der Waals surface area contributed by atoms with Crippen LogP contribution in [0.25, 0.3) is 0 Å².